The molecular weight excluding hydrogens is 222 g/mol. The molecule has 2 rings (SSSR count). The molecule has 18 heavy (non-hydrogen) atoms. The quantitative estimate of drug-likeness (QED) is 0.810. The van der Waals surface area contributed by atoms with Crippen molar-refractivity contribution in [2.75, 3.05) is 45.8 Å². The van der Waals surface area contributed by atoms with E-state index >= 15 is 0 Å². The van der Waals surface area contributed by atoms with Gasteiger partial charge in [-0.1, -0.05) is 26.7 Å². The van der Waals surface area contributed by atoms with Gasteiger partial charge >= 0.3 is 0 Å². The van der Waals surface area contributed by atoms with Gasteiger partial charge in [0, 0.05) is 39.3 Å². The van der Waals surface area contributed by atoms with Crippen molar-refractivity contribution < 1.29 is 0 Å². The van der Waals surface area contributed by atoms with Crippen molar-refractivity contribution in [2.24, 2.45) is 17.1 Å². The first-order chi connectivity index (χ1) is 8.63. The molecular formula is C15H31N3. The first-order valence-electron chi connectivity index (χ1n) is 7.78. The molecule has 1 aliphatic heterocycles. The van der Waals surface area contributed by atoms with Crippen LogP contribution in [0.25, 0.3) is 0 Å². The Balaban J connectivity index is 1.76. The molecule has 1 saturated heterocycles. The highest BCUT2D eigenvalue weighted by atomic mass is 15.3. The molecule has 0 bridgehead atoms. The van der Waals surface area contributed by atoms with Gasteiger partial charge in [0.05, 0.1) is 0 Å². The second-order valence-electron chi connectivity index (χ2n) is 6.88. The molecule has 0 amide bonds. The number of nitrogens with zero attached hydrogens (tertiary/aromatic N) is 2. The maximum atomic E-state index is 6.04. The number of hydrogen-bond acceptors (Lipinski definition) is 3. The third kappa shape index (κ3) is 3.69. The predicted molar refractivity (Wildman–Crippen MR) is 77.7 cm³/mol. The highest BCUT2D eigenvalue weighted by Crippen LogP contribution is 2.37. The second kappa shape index (κ2) is 6.36. The summed E-state index contributed by atoms with van der Waals surface area (Å²) in [5.74, 6) is 0.793. The lowest BCUT2D eigenvalue weighted by Gasteiger charge is -2.40. The fourth-order valence-corrected chi connectivity index (χ4v) is 3.67. The van der Waals surface area contributed by atoms with Crippen LogP contribution in [0.5, 0.6) is 0 Å². The zero-order chi connectivity index (χ0) is 13.0. The summed E-state index contributed by atoms with van der Waals surface area (Å²) in [6, 6.07) is 0. The molecule has 3 nitrogen and oxygen atoms in total. The SMILES string of the molecule is CC(C)CN1CCN(CC2(CN)CCCC2)CC1. The average Bonchev–Trinajstić information content (AvgIpc) is 2.80. The van der Waals surface area contributed by atoms with Crippen LogP contribution in [0.15, 0.2) is 0 Å². The Hall–Kier alpha value is -0.120. The molecule has 2 aliphatic rings. The zero-order valence-electron chi connectivity index (χ0n) is 12.3. The second-order valence-corrected chi connectivity index (χ2v) is 6.88. The summed E-state index contributed by atoms with van der Waals surface area (Å²) in [5.41, 5.74) is 6.50. The summed E-state index contributed by atoms with van der Waals surface area (Å²) in [7, 11) is 0. The summed E-state index contributed by atoms with van der Waals surface area (Å²) in [5, 5.41) is 0. The Morgan fingerprint density at radius 3 is 2.06 bits per heavy atom. The Morgan fingerprint density at radius 2 is 1.56 bits per heavy atom. The fraction of sp³-hybridized carbons (Fsp3) is 1.00. The van der Waals surface area contributed by atoms with E-state index in [2.05, 4.69) is 23.6 Å². The lowest BCUT2D eigenvalue weighted by Crippen LogP contribution is -2.51. The van der Waals surface area contributed by atoms with Gasteiger partial charge in [0.2, 0.25) is 0 Å². The van der Waals surface area contributed by atoms with Gasteiger partial charge in [0.15, 0.2) is 0 Å². The van der Waals surface area contributed by atoms with Gasteiger partial charge in [0.1, 0.15) is 0 Å². The van der Waals surface area contributed by atoms with Crippen molar-refractivity contribution in [1.82, 2.24) is 9.80 Å². The van der Waals surface area contributed by atoms with E-state index in [0.29, 0.717) is 5.41 Å². The number of piperazine rings is 1. The van der Waals surface area contributed by atoms with Crippen molar-refractivity contribution in [2.45, 2.75) is 39.5 Å². The lowest BCUT2D eigenvalue weighted by molar-refractivity contribution is 0.0832. The molecule has 0 aromatic heterocycles. The topological polar surface area (TPSA) is 32.5 Å². The lowest BCUT2D eigenvalue weighted by atomic mass is 9.85. The van der Waals surface area contributed by atoms with Crippen LogP contribution in [0.4, 0.5) is 0 Å². The minimum atomic E-state index is 0.459. The van der Waals surface area contributed by atoms with Gasteiger partial charge in [-0.25, -0.2) is 0 Å². The summed E-state index contributed by atoms with van der Waals surface area (Å²) < 4.78 is 0. The number of rotatable bonds is 5. The van der Waals surface area contributed by atoms with Crippen molar-refractivity contribution >= 4 is 0 Å². The van der Waals surface area contributed by atoms with E-state index in [1.165, 1.54) is 65.0 Å². The van der Waals surface area contributed by atoms with Crippen molar-refractivity contribution in [3.8, 4) is 0 Å². The smallest absolute Gasteiger partial charge is 0.0110 e. The van der Waals surface area contributed by atoms with Gasteiger partial charge < -0.3 is 15.5 Å². The van der Waals surface area contributed by atoms with E-state index in [1.54, 1.807) is 0 Å². The Labute approximate surface area is 113 Å². The van der Waals surface area contributed by atoms with Gasteiger partial charge in [-0.2, -0.15) is 0 Å². The molecule has 1 aliphatic carbocycles. The van der Waals surface area contributed by atoms with E-state index in [4.69, 9.17) is 5.73 Å². The van der Waals surface area contributed by atoms with Crippen LogP contribution < -0.4 is 5.73 Å². The van der Waals surface area contributed by atoms with Crippen LogP contribution in [-0.2, 0) is 0 Å². The average molecular weight is 253 g/mol. The molecule has 0 radical (unpaired) electrons. The molecule has 0 unspecified atom stereocenters. The summed E-state index contributed by atoms with van der Waals surface area (Å²) >= 11 is 0. The van der Waals surface area contributed by atoms with E-state index in [1.807, 2.05) is 0 Å². The summed E-state index contributed by atoms with van der Waals surface area (Å²) in [6.45, 7) is 13.0. The van der Waals surface area contributed by atoms with E-state index < -0.39 is 0 Å². The summed E-state index contributed by atoms with van der Waals surface area (Å²) in [4.78, 5) is 5.28. The number of hydrogen-bond donors (Lipinski definition) is 1. The first-order valence-corrected chi connectivity index (χ1v) is 7.78. The van der Waals surface area contributed by atoms with Crippen molar-refractivity contribution in [3.63, 3.8) is 0 Å². The van der Waals surface area contributed by atoms with Crippen LogP contribution in [0.3, 0.4) is 0 Å². The highest BCUT2D eigenvalue weighted by molar-refractivity contribution is 4.89. The van der Waals surface area contributed by atoms with E-state index in [-0.39, 0.29) is 0 Å². The normalized spacial score (nSPS) is 26.0. The van der Waals surface area contributed by atoms with Crippen LogP contribution in [0, 0.1) is 11.3 Å². The minimum Gasteiger partial charge on any atom is -0.330 e. The predicted octanol–water partition coefficient (Wildman–Crippen LogP) is 1.78. The standard InChI is InChI=1S/C15H31N3/c1-14(2)11-17-7-9-18(10-8-17)13-15(12-16)5-3-4-6-15/h14H,3-13,16H2,1-2H3. The van der Waals surface area contributed by atoms with Gasteiger partial charge in [0.25, 0.3) is 0 Å². The van der Waals surface area contributed by atoms with E-state index in [0.717, 1.165) is 12.5 Å². The van der Waals surface area contributed by atoms with Gasteiger partial charge in [-0.3, -0.25) is 0 Å². The van der Waals surface area contributed by atoms with Crippen LogP contribution in [0.2, 0.25) is 0 Å². The van der Waals surface area contributed by atoms with Crippen molar-refractivity contribution in [1.29, 1.82) is 0 Å². The minimum absolute atomic E-state index is 0.459. The molecule has 2 N–H and O–H groups in total. The highest BCUT2D eigenvalue weighted by Gasteiger charge is 2.34. The monoisotopic (exact) mass is 253 g/mol. The molecule has 0 spiro atoms. The molecule has 0 aromatic carbocycles. The Bertz CT molecular complexity index is 238. The Kier molecular flexibility index (Phi) is 5.05. The van der Waals surface area contributed by atoms with Gasteiger partial charge in [-0.15, -0.1) is 0 Å². The third-order valence-corrected chi connectivity index (χ3v) is 4.74. The van der Waals surface area contributed by atoms with Crippen LogP contribution in [-0.4, -0.2) is 55.6 Å². The Morgan fingerprint density at radius 1 is 1.00 bits per heavy atom. The molecule has 0 aromatic rings. The van der Waals surface area contributed by atoms with Crippen LogP contribution >= 0.6 is 0 Å². The molecule has 106 valence electrons. The maximum Gasteiger partial charge on any atom is 0.0110 e. The largest absolute Gasteiger partial charge is 0.330 e. The maximum absolute atomic E-state index is 6.04. The molecule has 3 heteroatoms. The molecule has 2 fully saturated rings. The fourth-order valence-electron chi connectivity index (χ4n) is 3.67. The molecule has 1 heterocycles. The van der Waals surface area contributed by atoms with E-state index in [9.17, 15) is 0 Å². The summed E-state index contributed by atoms with van der Waals surface area (Å²) in [6.07, 6.45) is 5.50. The molecule has 0 atom stereocenters. The molecule has 1 saturated carbocycles. The van der Waals surface area contributed by atoms with Crippen molar-refractivity contribution in [3.05, 3.63) is 0 Å². The van der Waals surface area contributed by atoms with Crippen LogP contribution in [0.1, 0.15) is 39.5 Å². The van der Waals surface area contributed by atoms with Gasteiger partial charge in [-0.05, 0) is 30.7 Å². The first kappa shape index (κ1) is 14.3. The zero-order valence-corrected chi connectivity index (χ0v) is 12.3. The third-order valence-electron chi connectivity index (χ3n) is 4.74. The number of nitrogens with two attached hydrogens (primary N) is 1.